The van der Waals surface area contributed by atoms with Crippen LogP contribution in [0.1, 0.15) is 51.2 Å². The van der Waals surface area contributed by atoms with Crippen molar-refractivity contribution in [2.45, 2.75) is 51.7 Å². The van der Waals surface area contributed by atoms with Crippen molar-refractivity contribution in [3.05, 3.63) is 11.7 Å². The fourth-order valence-electron chi connectivity index (χ4n) is 1.95. The third-order valence-corrected chi connectivity index (χ3v) is 3.10. The number of nitrogens with one attached hydrogen (secondary N) is 1. The minimum absolute atomic E-state index is 0.106. The van der Waals surface area contributed by atoms with Crippen LogP contribution in [0.3, 0.4) is 0 Å². The lowest BCUT2D eigenvalue weighted by atomic mass is 9.96. The topological polar surface area (TPSA) is 60.2 Å². The van der Waals surface area contributed by atoms with E-state index < -0.39 is 0 Å². The molecule has 1 aromatic heterocycles. The zero-order valence-corrected chi connectivity index (χ0v) is 10.8. The summed E-state index contributed by atoms with van der Waals surface area (Å²) in [5.41, 5.74) is -0.106. The van der Waals surface area contributed by atoms with Crippen LogP contribution >= 0.6 is 0 Å². The minimum atomic E-state index is -0.106. The highest BCUT2D eigenvalue weighted by Gasteiger charge is 2.28. The Morgan fingerprint density at radius 1 is 1.53 bits per heavy atom. The highest BCUT2D eigenvalue weighted by atomic mass is 16.5. The number of nitrogens with zero attached hydrogens (tertiary/aromatic N) is 2. The largest absolute Gasteiger partial charge is 0.364 e. The molecule has 1 aromatic rings. The first-order valence-corrected chi connectivity index (χ1v) is 6.26. The molecule has 96 valence electrons. The van der Waals surface area contributed by atoms with E-state index in [0.29, 0.717) is 18.4 Å². The van der Waals surface area contributed by atoms with Gasteiger partial charge in [0.2, 0.25) is 0 Å². The summed E-state index contributed by atoms with van der Waals surface area (Å²) in [6.45, 7) is 8.58. The van der Waals surface area contributed by atoms with Crippen LogP contribution in [0.2, 0.25) is 0 Å². The van der Waals surface area contributed by atoms with Crippen LogP contribution in [0.25, 0.3) is 0 Å². The molecule has 0 bridgehead atoms. The average Bonchev–Trinajstić information content (AvgIpc) is 2.76. The predicted octanol–water partition coefficient (Wildman–Crippen LogP) is 1.85. The Morgan fingerprint density at radius 2 is 2.35 bits per heavy atom. The maximum absolute atomic E-state index is 5.89. The van der Waals surface area contributed by atoms with Crippen molar-refractivity contribution in [3.8, 4) is 0 Å². The summed E-state index contributed by atoms with van der Waals surface area (Å²) in [6, 6.07) is 0. The van der Waals surface area contributed by atoms with Crippen molar-refractivity contribution in [2.75, 3.05) is 13.1 Å². The molecule has 5 heteroatoms. The van der Waals surface area contributed by atoms with Crippen molar-refractivity contribution >= 4 is 0 Å². The summed E-state index contributed by atoms with van der Waals surface area (Å²) in [5.74, 6) is 1.61. The summed E-state index contributed by atoms with van der Waals surface area (Å²) in [5, 5.41) is 7.26. The normalized spacial score (nSPS) is 25.4. The van der Waals surface area contributed by atoms with E-state index in [1.165, 1.54) is 0 Å². The number of hydrogen-bond acceptors (Lipinski definition) is 5. The number of hydrogen-bond donors (Lipinski definition) is 1. The molecule has 1 atom stereocenters. The fraction of sp³-hybridized carbons (Fsp3) is 0.833. The second-order valence-corrected chi connectivity index (χ2v) is 5.22. The SMILES string of the molecule is CC(C)c1noc(COC2(C)CCCNC2)n1. The molecule has 0 radical (unpaired) electrons. The van der Waals surface area contributed by atoms with Gasteiger partial charge in [0.1, 0.15) is 6.61 Å². The molecule has 0 aromatic carbocycles. The number of ether oxygens (including phenoxy) is 1. The predicted molar refractivity (Wildman–Crippen MR) is 63.7 cm³/mol. The smallest absolute Gasteiger partial charge is 0.252 e. The lowest BCUT2D eigenvalue weighted by Gasteiger charge is -2.33. The van der Waals surface area contributed by atoms with E-state index in [1.54, 1.807) is 0 Å². The van der Waals surface area contributed by atoms with Gasteiger partial charge in [0.15, 0.2) is 5.82 Å². The van der Waals surface area contributed by atoms with Gasteiger partial charge < -0.3 is 14.6 Å². The Kier molecular flexibility index (Phi) is 3.79. The van der Waals surface area contributed by atoms with Gasteiger partial charge in [0.25, 0.3) is 5.89 Å². The van der Waals surface area contributed by atoms with Gasteiger partial charge in [-0.25, -0.2) is 0 Å². The molecular formula is C12H21N3O2. The van der Waals surface area contributed by atoms with Crippen LogP contribution in [0.5, 0.6) is 0 Å². The lowest BCUT2D eigenvalue weighted by molar-refractivity contribution is -0.0654. The average molecular weight is 239 g/mol. The Hall–Kier alpha value is -0.940. The first-order valence-electron chi connectivity index (χ1n) is 6.26. The summed E-state index contributed by atoms with van der Waals surface area (Å²) >= 11 is 0. The zero-order valence-electron chi connectivity index (χ0n) is 10.8. The van der Waals surface area contributed by atoms with E-state index in [9.17, 15) is 0 Å². The molecule has 1 aliphatic rings. The molecule has 17 heavy (non-hydrogen) atoms. The van der Waals surface area contributed by atoms with Crippen molar-refractivity contribution in [1.29, 1.82) is 0 Å². The Bertz CT molecular complexity index is 356. The van der Waals surface area contributed by atoms with E-state index in [-0.39, 0.29) is 5.60 Å². The van der Waals surface area contributed by atoms with Crippen LogP contribution in [-0.2, 0) is 11.3 Å². The van der Waals surface area contributed by atoms with Crippen molar-refractivity contribution < 1.29 is 9.26 Å². The molecule has 1 unspecified atom stereocenters. The van der Waals surface area contributed by atoms with Gasteiger partial charge in [-0.1, -0.05) is 19.0 Å². The van der Waals surface area contributed by atoms with Crippen LogP contribution in [0, 0.1) is 0 Å². The van der Waals surface area contributed by atoms with Crippen molar-refractivity contribution in [1.82, 2.24) is 15.5 Å². The van der Waals surface area contributed by atoms with Gasteiger partial charge in [0, 0.05) is 12.5 Å². The second kappa shape index (κ2) is 5.14. The number of aromatic nitrogens is 2. The Labute approximate surface area is 102 Å². The lowest BCUT2D eigenvalue weighted by Crippen LogP contribution is -2.45. The Balaban J connectivity index is 1.88. The summed E-state index contributed by atoms with van der Waals surface area (Å²) in [7, 11) is 0. The molecule has 0 saturated carbocycles. The van der Waals surface area contributed by atoms with E-state index >= 15 is 0 Å². The molecule has 1 fully saturated rings. The number of piperidine rings is 1. The van der Waals surface area contributed by atoms with E-state index in [2.05, 4.69) is 22.4 Å². The molecule has 2 heterocycles. The third-order valence-electron chi connectivity index (χ3n) is 3.10. The van der Waals surface area contributed by atoms with E-state index in [0.717, 1.165) is 31.8 Å². The maximum Gasteiger partial charge on any atom is 0.252 e. The Morgan fingerprint density at radius 3 is 2.94 bits per heavy atom. The standard InChI is InChI=1S/C12H21N3O2/c1-9(2)11-14-10(17-15-11)7-16-12(3)5-4-6-13-8-12/h9,13H,4-8H2,1-3H3. The molecule has 1 N–H and O–H groups in total. The molecule has 5 nitrogen and oxygen atoms in total. The van der Waals surface area contributed by atoms with E-state index in [4.69, 9.17) is 9.26 Å². The third kappa shape index (κ3) is 3.26. The summed E-state index contributed by atoms with van der Waals surface area (Å²) in [4.78, 5) is 4.30. The first-order chi connectivity index (χ1) is 8.09. The zero-order chi connectivity index (χ0) is 12.3. The summed E-state index contributed by atoms with van der Waals surface area (Å²) in [6.07, 6.45) is 2.22. The van der Waals surface area contributed by atoms with Gasteiger partial charge in [-0.15, -0.1) is 0 Å². The molecule has 1 saturated heterocycles. The minimum Gasteiger partial charge on any atom is -0.364 e. The van der Waals surface area contributed by atoms with Gasteiger partial charge >= 0.3 is 0 Å². The van der Waals surface area contributed by atoms with Crippen LogP contribution in [-0.4, -0.2) is 28.8 Å². The first kappa shape index (κ1) is 12.5. The molecular weight excluding hydrogens is 218 g/mol. The molecule has 0 aliphatic carbocycles. The second-order valence-electron chi connectivity index (χ2n) is 5.22. The maximum atomic E-state index is 5.89. The number of rotatable bonds is 4. The van der Waals surface area contributed by atoms with Crippen LogP contribution in [0.15, 0.2) is 4.52 Å². The van der Waals surface area contributed by atoms with Crippen molar-refractivity contribution in [2.24, 2.45) is 0 Å². The molecule has 1 aliphatic heterocycles. The molecule has 2 rings (SSSR count). The van der Waals surface area contributed by atoms with Crippen LogP contribution in [0.4, 0.5) is 0 Å². The van der Waals surface area contributed by atoms with Gasteiger partial charge in [0.05, 0.1) is 5.60 Å². The highest BCUT2D eigenvalue weighted by molar-refractivity contribution is 4.91. The van der Waals surface area contributed by atoms with Crippen molar-refractivity contribution in [3.63, 3.8) is 0 Å². The van der Waals surface area contributed by atoms with Gasteiger partial charge in [-0.3, -0.25) is 0 Å². The molecule has 0 spiro atoms. The van der Waals surface area contributed by atoms with E-state index in [1.807, 2.05) is 13.8 Å². The summed E-state index contributed by atoms with van der Waals surface area (Å²) < 4.78 is 11.0. The fourth-order valence-corrected chi connectivity index (χ4v) is 1.95. The molecule has 0 amide bonds. The quantitative estimate of drug-likeness (QED) is 0.869. The monoisotopic (exact) mass is 239 g/mol. The highest BCUT2D eigenvalue weighted by Crippen LogP contribution is 2.21. The van der Waals surface area contributed by atoms with Crippen LogP contribution < -0.4 is 5.32 Å². The van der Waals surface area contributed by atoms with Gasteiger partial charge in [-0.05, 0) is 26.3 Å². The van der Waals surface area contributed by atoms with Gasteiger partial charge in [-0.2, -0.15) is 4.98 Å².